The van der Waals surface area contributed by atoms with Crippen molar-refractivity contribution in [3.05, 3.63) is 241 Å². The average Bonchev–Trinajstić information content (AvgIpc) is 4.00. The standard InChI is InChI=1S/C59H51N5/c1-63-35-33-60-58(63)50-25-21-42(22-26-50)17-19-44-37-45(20-18-43-23-27-51(28-24-43)59-61-34-36-64(59)2)39-52(38-44)53-15-9-10-16-54(53)56-41-62-57(49-13-7-4-8-14-49)40-55(56)48-31-29-47(30-32-48)46-11-5-3-6-12-46/h3-16,21-41,58,60H,17-20H2,1-2H3. The topological polar surface area (TPSA) is 46.0 Å². The van der Waals surface area contributed by atoms with Gasteiger partial charge in [-0.1, -0.05) is 176 Å². The van der Waals surface area contributed by atoms with Crippen LogP contribution in [0.4, 0.5) is 0 Å². The average molecular weight is 830 g/mol. The van der Waals surface area contributed by atoms with E-state index in [0.717, 1.165) is 65.0 Å². The second-order valence-corrected chi connectivity index (χ2v) is 16.9. The highest BCUT2D eigenvalue weighted by molar-refractivity contribution is 5.93. The predicted molar refractivity (Wildman–Crippen MR) is 264 cm³/mol. The predicted octanol–water partition coefficient (Wildman–Crippen LogP) is 13.4. The SMILES string of the molecule is CN1C=CNC1c1ccc(CCc2cc(CCc3ccc(-c4nccn4C)cc3)cc(-c3ccccc3-c3cnc(-c4ccccc4)cc3-c3ccc(-c4ccccc4)cc3)c2)cc1. The fraction of sp³-hybridized carbons (Fsp3) is 0.119. The van der Waals surface area contributed by atoms with Crippen LogP contribution in [-0.2, 0) is 32.7 Å². The van der Waals surface area contributed by atoms with Crippen molar-refractivity contribution in [1.29, 1.82) is 0 Å². The van der Waals surface area contributed by atoms with Gasteiger partial charge in [0, 0.05) is 61.8 Å². The van der Waals surface area contributed by atoms with E-state index in [2.05, 4.69) is 221 Å². The van der Waals surface area contributed by atoms with Crippen LogP contribution < -0.4 is 5.32 Å². The normalized spacial score (nSPS) is 13.3. The summed E-state index contributed by atoms with van der Waals surface area (Å²) in [4.78, 5) is 11.9. The van der Waals surface area contributed by atoms with Gasteiger partial charge in [0.2, 0.25) is 0 Å². The minimum atomic E-state index is 0.179. The third kappa shape index (κ3) is 8.79. The summed E-state index contributed by atoms with van der Waals surface area (Å²) in [6.07, 6.45) is 14.0. The molecule has 0 saturated carbocycles. The number of hydrogen-bond donors (Lipinski definition) is 1. The number of pyridine rings is 1. The van der Waals surface area contributed by atoms with Gasteiger partial charge >= 0.3 is 0 Å². The summed E-state index contributed by atoms with van der Waals surface area (Å²) in [5.74, 6) is 0.981. The lowest BCUT2D eigenvalue weighted by molar-refractivity contribution is 0.340. The summed E-state index contributed by atoms with van der Waals surface area (Å²) in [6, 6.07) is 66.5. The van der Waals surface area contributed by atoms with Crippen molar-refractivity contribution < 1.29 is 0 Å². The molecule has 64 heavy (non-hydrogen) atoms. The van der Waals surface area contributed by atoms with E-state index in [1.165, 1.54) is 55.6 Å². The van der Waals surface area contributed by atoms with E-state index in [-0.39, 0.29) is 6.17 Å². The molecule has 2 aromatic heterocycles. The maximum atomic E-state index is 5.12. The van der Waals surface area contributed by atoms with Gasteiger partial charge in [-0.2, -0.15) is 0 Å². The van der Waals surface area contributed by atoms with Crippen LogP contribution in [0.1, 0.15) is 34.0 Å². The molecule has 1 aliphatic rings. The second kappa shape index (κ2) is 18.3. The maximum Gasteiger partial charge on any atom is 0.139 e. The Bertz CT molecular complexity index is 3020. The zero-order chi connectivity index (χ0) is 43.2. The maximum absolute atomic E-state index is 5.12. The number of aryl methyl sites for hydroxylation is 5. The largest absolute Gasteiger partial charge is 0.366 e. The summed E-state index contributed by atoms with van der Waals surface area (Å²) >= 11 is 0. The summed E-state index contributed by atoms with van der Waals surface area (Å²) in [5, 5.41) is 3.45. The van der Waals surface area contributed by atoms with E-state index in [9.17, 15) is 0 Å². The Morgan fingerprint density at radius 3 is 1.64 bits per heavy atom. The number of nitrogens with zero attached hydrogens (tertiary/aromatic N) is 4. The molecule has 0 spiro atoms. The van der Waals surface area contributed by atoms with Gasteiger partial charge in [-0.25, -0.2) is 4.98 Å². The van der Waals surface area contributed by atoms with Gasteiger partial charge in [0.05, 0.1) is 5.69 Å². The zero-order valence-electron chi connectivity index (χ0n) is 36.4. The number of benzene rings is 7. The van der Waals surface area contributed by atoms with Crippen LogP contribution in [0.5, 0.6) is 0 Å². The lowest BCUT2D eigenvalue weighted by Gasteiger charge is -2.21. The Balaban J connectivity index is 1.01. The minimum absolute atomic E-state index is 0.179. The number of nitrogens with one attached hydrogen (secondary N) is 1. The van der Waals surface area contributed by atoms with Crippen LogP contribution in [-0.4, -0.2) is 26.5 Å². The Morgan fingerprint density at radius 2 is 1.02 bits per heavy atom. The minimum Gasteiger partial charge on any atom is -0.366 e. The zero-order valence-corrected chi connectivity index (χ0v) is 36.4. The molecule has 0 aliphatic carbocycles. The van der Waals surface area contributed by atoms with Gasteiger partial charge in [-0.3, -0.25) is 4.98 Å². The fourth-order valence-electron chi connectivity index (χ4n) is 9.02. The Hall–Kier alpha value is -7.76. The summed E-state index contributed by atoms with van der Waals surface area (Å²) < 4.78 is 2.06. The van der Waals surface area contributed by atoms with Crippen molar-refractivity contribution in [2.45, 2.75) is 31.8 Å². The Kier molecular flexibility index (Phi) is 11.5. The molecule has 5 heteroatoms. The highest BCUT2D eigenvalue weighted by Crippen LogP contribution is 2.40. The molecule has 3 heterocycles. The molecular weight excluding hydrogens is 779 g/mol. The number of rotatable bonds is 13. The highest BCUT2D eigenvalue weighted by Gasteiger charge is 2.18. The molecule has 9 aromatic rings. The van der Waals surface area contributed by atoms with Gasteiger partial charge in [0.15, 0.2) is 0 Å². The van der Waals surface area contributed by atoms with E-state index in [0.29, 0.717) is 0 Å². The Morgan fingerprint density at radius 1 is 0.453 bits per heavy atom. The van der Waals surface area contributed by atoms with Crippen LogP contribution in [0, 0.1) is 0 Å². The smallest absolute Gasteiger partial charge is 0.139 e. The van der Waals surface area contributed by atoms with Crippen LogP contribution in [0.25, 0.3) is 67.2 Å². The first-order valence-electron chi connectivity index (χ1n) is 22.3. The van der Waals surface area contributed by atoms with Crippen molar-refractivity contribution in [3.63, 3.8) is 0 Å². The number of hydrogen-bond acceptors (Lipinski definition) is 4. The molecule has 1 N–H and O–H groups in total. The highest BCUT2D eigenvalue weighted by atomic mass is 15.3. The van der Waals surface area contributed by atoms with E-state index in [4.69, 9.17) is 4.98 Å². The molecule has 5 nitrogen and oxygen atoms in total. The molecule has 0 fully saturated rings. The molecule has 1 unspecified atom stereocenters. The molecule has 10 rings (SSSR count). The van der Waals surface area contributed by atoms with Crippen molar-refractivity contribution in [3.8, 4) is 67.2 Å². The first-order valence-corrected chi connectivity index (χ1v) is 22.3. The second-order valence-electron chi connectivity index (χ2n) is 16.9. The monoisotopic (exact) mass is 829 g/mol. The van der Waals surface area contributed by atoms with Crippen molar-refractivity contribution in [2.75, 3.05) is 7.05 Å². The molecular formula is C59H51N5. The van der Waals surface area contributed by atoms with Crippen molar-refractivity contribution in [1.82, 2.24) is 24.8 Å². The van der Waals surface area contributed by atoms with Gasteiger partial charge in [0.1, 0.15) is 12.0 Å². The molecule has 0 bridgehead atoms. The third-order valence-electron chi connectivity index (χ3n) is 12.6. The van der Waals surface area contributed by atoms with E-state index < -0.39 is 0 Å². The first kappa shape index (κ1) is 40.3. The van der Waals surface area contributed by atoms with Gasteiger partial charge in [0.25, 0.3) is 0 Å². The van der Waals surface area contributed by atoms with E-state index in [1.54, 1.807) is 0 Å². The molecule has 0 amide bonds. The summed E-state index contributed by atoms with van der Waals surface area (Å²) in [7, 11) is 4.15. The Labute approximate surface area is 377 Å². The fourth-order valence-corrected chi connectivity index (χ4v) is 9.02. The molecule has 1 atom stereocenters. The lowest BCUT2D eigenvalue weighted by atomic mass is 9.87. The first-order chi connectivity index (χ1) is 31.5. The van der Waals surface area contributed by atoms with E-state index in [1.807, 2.05) is 25.6 Å². The van der Waals surface area contributed by atoms with Crippen LogP contribution in [0.15, 0.2) is 213 Å². The van der Waals surface area contributed by atoms with E-state index >= 15 is 0 Å². The molecule has 0 radical (unpaired) electrons. The quantitative estimate of drug-likeness (QED) is 0.126. The summed E-state index contributed by atoms with van der Waals surface area (Å²) in [5.41, 5.74) is 19.2. The van der Waals surface area contributed by atoms with Gasteiger partial charge in [-0.05, 0) is 98.5 Å². The van der Waals surface area contributed by atoms with Gasteiger partial charge < -0.3 is 14.8 Å². The van der Waals surface area contributed by atoms with Crippen LogP contribution in [0.3, 0.4) is 0 Å². The van der Waals surface area contributed by atoms with Crippen molar-refractivity contribution in [2.24, 2.45) is 7.05 Å². The number of aromatic nitrogens is 3. The molecule has 1 aliphatic heterocycles. The molecule has 0 saturated heterocycles. The van der Waals surface area contributed by atoms with Crippen LogP contribution >= 0.6 is 0 Å². The van der Waals surface area contributed by atoms with Crippen LogP contribution in [0.2, 0.25) is 0 Å². The van der Waals surface area contributed by atoms with Gasteiger partial charge in [-0.15, -0.1) is 0 Å². The third-order valence-corrected chi connectivity index (χ3v) is 12.6. The lowest BCUT2D eigenvalue weighted by Crippen LogP contribution is -2.23. The number of imidazole rings is 1. The summed E-state index contributed by atoms with van der Waals surface area (Å²) in [6.45, 7) is 0. The molecule has 7 aromatic carbocycles. The van der Waals surface area contributed by atoms with Crippen molar-refractivity contribution >= 4 is 0 Å². The molecule has 312 valence electrons.